The van der Waals surface area contributed by atoms with E-state index in [9.17, 15) is 14.7 Å². The molecule has 0 atom stereocenters. The van der Waals surface area contributed by atoms with E-state index in [2.05, 4.69) is 10.5 Å². The summed E-state index contributed by atoms with van der Waals surface area (Å²) >= 11 is 5.85. The van der Waals surface area contributed by atoms with Crippen molar-refractivity contribution >= 4 is 34.5 Å². The minimum absolute atomic E-state index is 0.263. The summed E-state index contributed by atoms with van der Waals surface area (Å²) in [6, 6.07) is 18.8. The SMILES string of the molecule is Cc1ccc(-n2c(O)c(C=NNC(=O)c3ccc(Cl)cc3)c3ccccc3c2=O)cc1C. The molecular weight excluding hydrogens is 426 g/mol. The third-order valence-corrected chi connectivity index (χ3v) is 5.57. The van der Waals surface area contributed by atoms with Crippen LogP contribution in [-0.2, 0) is 0 Å². The standard InChI is InChI=1S/C25H20ClN3O3/c1-15-7-12-19(13-16(15)2)29-24(31)21-6-4-3-5-20(21)22(25(29)32)14-27-28-23(30)17-8-10-18(26)11-9-17/h3-14,32H,1-2H3,(H,28,30). The number of hydrogen-bond donors (Lipinski definition) is 2. The Kier molecular flexibility index (Phi) is 5.79. The van der Waals surface area contributed by atoms with Gasteiger partial charge in [-0.25, -0.2) is 9.99 Å². The molecular formula is C25H20ClN3O3. The van der Waals surface area contributed by atoms with Crippen LogP contribution in [0, 0.1) is 13.8 Å². The summed E-state index contributed by atoms with van der Waals surface area (Å²) < 4.78 is 1.25. The molecule has 0 unspecified atom stereocenters. The van der Waals surface area contributed by atoms with Gasteiger partial charge in [-0.05, 0) is 67.4 Å². The summed E-state index contributed by atoms with van der Waals surface area (Å²) in [5, 5.41) is 16.5. The number of pyridine rings is 1. The van der Waals surface area contributed by atoms with Gasteiger partial charge in [-0.15, -0.1) is 0 Å². The fraction of sp³-hybridized carbons (Fsp3) is 0.0800. The number of aryl methyl sites for hydroxylation is 2. The van der Waals surface area contributed by atoms with Gasteiger partial charge in [0.25, 0.3) is 11.5 Å². The third-order valence-electron chi connectivity index (χ3n) is 5.32. The molecule has 6 nitrogen and oxygen atoms in total. The number of amides is 1. The van der Waals surface area contributed by atoms with Crippen molar-refractivity contribution in [2.75, 3.05) is 0 Å². The zero-order chi connectivity index (χ0) is 22.8. The number of benzene rings is 3. The van der Waals surface area contributed by atoms with Gasteiger partial charge in [-0.2, -0.15) is 5.10 Å². The van der Waals surface area contributed by atoms with Gasteiger partial charge in [0.05, 0.1) is 17.5 Å². The molecule has 0 bridgehead atoms. The van der Waals surface area contributed by atoms with Crippen LogP contribution in [-0.4, -0.2) is 21.8 Å². The Bertz CT molecular complexity index is 1420. The number of hydrazone groups is 1. The number of nitrogens with one attached hydrogen (secondary N) is 1. The molecule has 0 aliphatic heterocycles. The zero-order valence-electron chi connectivity index (χ0n) is 17.5. The first-order chi connectivity index (χ1) is 15.4. The average molecular weight is 446 g/mol. The van der Waals surface area contributed by atoms with Gasteiger partial charge in [-0.1, -0.05) is 35.9 Å². The van der Waals surface area contributed by atoms with E-state index in [0.29, 0.717) is 32.6 Å². The quantitative estimate of drug-likeness (QED) is 0.352. The van der Waals surface area contributed by atoms with Gasteiger partial charge >= 0.3 is 0 Å². The smallest absolute Gasteiger partial charge is 0.271 e. The van der Waals surface area contributed by atoms with Crippen LogP contribution in [0.4, 0.5) is 0 Å². The Morgan fingerprint density at radius 3 is 2.38 bits per heavy atom. The molecule has 1 heterocycles. The molecule has 0 spiro atoms. The maximum absolute atomic E-state index is 13.2. The summed E-state index contributed by atoms with van der Waals surface area (Å²) in [5.41, 5.74) is 5.41. The summed E-state index contributed by atoms with van der Waals surface area (Å²) in [6.45, 7) is 3.92. The minimum atomic E-state index is -0.427. The Balaban J connectivity index is 1.79. The van der Waals surface area contributed by atoms with E-state index in [4.69, 9.17) is 11.6 Å². The van der Waals surface area contributed by atoms with Crippen molar-refractivity contribution in [2.24, 2.45) is 5.10 Å². The highest BCUT2D eigenvalue weighted by Gasteiger charge is 2.16. The lowest BCUT2D eigenvalue weighted by Crippen LogP contribution is -2.21. The number of carbonyl (C=O) groups excluding carboxylic acids is 1. The van der Waals surface area contributed by atoms with Crippen LogP contribution < -0.4 is 11.0 Å². The number of aromatic hydroxyl groups is 1. The van der Waals surface area contributed by atoms with Crippen molar-refractivity contribution in [2.45, 2.75) is 13.8 Å². The first kappa shape index (κ1) is 21.3. The lowest BCUT2D eigenvalue weighted by Gasteiger charge is -2.14. The number of carbonyl (C=O) groups is 1. The van der Waals surface area contributed by atoms with Crippen LogP contribution >= 0.6 is 11.6 Å². The fourth-order valence-corrected chi connectivity index (χ4v) is 3.54. The summed E-state index contributed by atoms with van der Waals surface area (Å²) in [5.74, 6) is -0.689. The van der Waals surface area contributed by atoms with Crippen molar-refractivity contribution in [3.63, 3.8) is 0 Å². The van der Waals surface area contributed by atoms with Crippen LogP contribution in [0.1, 0.15) is 27.0 Å². The number of hydrogen-bond acceptors (Lipinski definition) is 4. The molecule has 3 aromatic carbocycles. The van der Waals surface area contributed by atoms with E-state index < -0.39 is 5.91 Å². The van der Waals surface area contributed by atoms with Crippen LogP contribution in [0.15, 0.2) is 76.6 Å². The van der Waals surface area contributed by atoms with Crippen LogP contribution in [0.3, 0.4) is 0 Å². The van der Waals surface area contributed by atoms with E-state index in [-0.39, 0.29) is 11.4 Å². The van der Waals surface area contributed by atoms with Crippen LogP contribution in [0.5, 0.6) is 5.88 Å². The second-order valence-corrected chi connectivity index (χ2v) is 7.83. The molecule has 160 valence electrons. The molecule has 0 aliphatic rings. The number of rotatable bonds is 4. The predicted molar refractivity (Wildman–Crippen MR) is 127 cm³/mol. The molecule has 0 saturated carbocycles. The lowest BCUT2D eigenvalue weighted by molar-refractivity contribution is 0.0955. The second kappa shape index (κ2) is 8.69. The van der Waals surface area contributed by atoms with Gasteiger partial charge in [0.2, 0.25) is 5.88 Å². The van der Waals surface area contributed by atoms with Crippen molar-refractivity contribution in [3.05, 3.63) is 104 Å². The number of aromatic nitrogens is 1. The van der Waals surface area contributed by atoms with E-state index in [1.165, 1.54) is 10.8 Å². The topological polar surface area (TPSA) is 83.7 Å². The van der Waals surface area contributed by atoms with Crippen molar-refractivity contribution in [3.8, 4) is 11.6 Å². The van der Waals surface area contributed by atoms with Crippen molar-refractivity contribution < 1.29 is 9.90 Å². The molecule has 0 saturated heterocycles. The molecule has 1 aromatic heterocycles. The predicted octanol–water partition coefficient (Wildman–Crippen LogP) is 4.73. The summed E-state index contributed by atoms with van der Waals surface area (Å²) in [6.07, 6.45) is 1.34. The molecule has 2 N–H and O–H groups in total. The molecule has 0 fully saturated rings. The Morgan fingerprint density at radius 2 is 1.69 bits per heavy atom. The maximum atomic E-state index is 13.2. The fourth-order valence-electron chi connectivity index (χ4n) is 3.41. The molecule has 7 heteroatoms. The van der Waals surface area contributed by atoms with E-state index in [1.807, 2.05) is 26.0 Å². The molecule has 32 heavy (non-hydrogen) atoms. The molecule has 4 aromatic rings. The minimum Gasteiger partial charge on any atom is -0.494 e. The largest absolute Gasteiger partial charge is 0.494 e. The molecule has 4 rings (SSSR count). The average Bonchev–Trinajstić information content (AvgIpc) is 2.79. The number of halogens is 1. The highest BCUT2D eigenvalue weighted by atomic mass is 35.5. The van der Waals surface area contributed by atoms with Crippen molar-refractivity contribution in [1.82, 2.24) is 9.99 Å². The molecule has 0 aliphatic carbocycles. The zero-order valence-corrected chi connectivity index (χ0v) is 18.2. The van der Waals surface area contributed by atoms with Gasteiger partial charge in [0.1, 0.15) is 0 Å². The summed E-state index contributed by atoms with van der Waals surface area (Å²) in [7, 11) is 0. The van der Waals surface area contributed by atoms with Gasteiger partial charge in [0.15, 0.2) is 0 Å². The van der Waals surface area contributed by atoms with Gasteiger partial charge < -0.3 is 5.11 Å². The highest BCUT2D eigenvalue weighted by Crippen LogP contribution is 2.26. The second-order valence-electron chi connectivity index (χ2n) is 7.40. The normalized spacial score (nSPS) is 11.2. The lowest BCUT2D eigenvalue weighted by atomic mass is 10.1. The molecule has 1 amide bonds. The third kappa shape index (κ3) is 4.00. The van der Waals surface area contributed by atoms with Gasteiger partial charge in [0, 0.05) is 21.4 Å². The van der Waals surface area contributed by atoms with E-state index in [1.54, 1.807) is 54.6 Å². The number of nitrogens with zero attached hydrogens (tertiary/aromatic N) is 2. The highest BCUT2D eigenvalue weighted by molar-refractivity contribution is 6.30. The Hall–Kier alpha value is -3.90. The van der Waals surface area contributed by atoms with Gasteiger partial charge in [-0.3, -0.25) is 9.59 Å². The van der Waals surface area contributed by atoms with E-state index in [0.717, 1.165) is 11.1 Å². The first-order valence-electron chi connectivity index (χ1n) is 9.90. The van der Waals surface area contributed by atoms with Crippen LogP contribution in [0.25, 0.3) is 16.5 Å². The Labute approximate surface area is 189 Å². The number of fused-ring (bicyclic) bond motifs is 1. The van der Waals surface area contributed by atoms with Crippen molar-refractivity contribution in [1.29, 1.82) is 0 Å². The monoisotopic (exact) mass is 445 g/mol. The van der Waals surface area contributed by atoms with Crippen LogP contribution in [0.2, 0.25) is 5.02 Å². The Morgan fingerprint density at radius 1 is 1.00 bits per heavy atom. The molecule has 0 radical (unpaired) electrons. The van der Waals surface area contributed by atoms with E-state index >= 15 is 0 Å². The first-order valence-corrected chi connectivity index (χ1v) is 10.3. The summed E-state index contributed by atoms with van der Waals surface area (Å²) in [4.78, 5) is 25.5. The maximum Gasteiger partial charge on any atom is 0.271 e.